The lowest BCUT2D eigenvalue weighted by atomic mass is 9.78. The molecule has 0 N–H and O–H groups in total. The fraction of sp³-hybridized carbons (Fsp3) is 0.611. The van der Waals surface area contributed by atoms with Crippen LogP contribution >= 0.6 is 0 Å². The average molecular weight is 369 g/mol. The highest BCUT2D eigenvalue weighted by Crippen LogP contribution is 2.36. The standard InChI is InChI=1S/C18H23BF3NO3/c1-16(2)17(3,4)26-19(25-16)13-5-6-14(20)12(9-13)10-15(24)23-8-7-18(21,22)11-23/h5-6,9H,7-8,10-11H2,1-4H3. The van der Waals surface area contributed by atoms with Crippen molar-refractivity contribution < 1.29 is 27.3 Å². The summed E-state index contributed by atoms with van der Waals surface area (Å²) in [7, 11) is -0.675. The molecule has 2 fully saturated rings. The number of alkyl halides is 2. The molecule has 142 valence electrons. The molecule has 0 saturated carbocycles. The Morgan fingerprint density at radius 1 is 1.19 bits per heavy atom. The number of rotatable bonds is 3. The second-order valence-electron chi connectivity index (χ2n) is 8.04. The van der Waals surface area contributed by atoms with Gasteiger partial charge in [0, 0.05) is 13.0 Å². The van der Waals surface area contributed by atoms with Crippen LogP contribution in [0.5, 0.6) is 0 Å². The molecule has 8 heteroatoms. The summed E-state index contributed by atoms with van der Waals surface area (Å²) < 4.78 is 52.6. The molecule has 0 bridgehead atoms. The van der Waals surface area contributed by atoms with Gasteiger partial charge in [-0.25, -0.2) is 13.2 Å². The van der Waals surface area contributed by atoms with Crippen molar-refractivity contribution in [3.05, 3.63) is 29.6 Å². The fourth-order valence-electron chi connectivity index (χ4n) is 3.08. The average Bonchev–Trinajstić information content (AvgIpc) is 2.98. The Morgan fingerprint density at radius 3 is 2.35 bits per heavy atom. The monoisotopic (exact) mass is 369 g/mol. The zero-order valence-corrected chi connectivity index (χ0v) is 15.4. The van der Waals surface area contributed by atoms with Crippen LogP contribution in [0.4, 0.5) is 13.2 Å². The largest absolute Gasteiger partial charge is 0.494 e. The molecule has 2 heterocycles. The van der Waals surface area contributed by atoms with E-state index < -0.39 is 42.5 Å². The predicted octanol–water partition coefficient (Wildman–Crippen LogP) is 2.54. The van der Waals surface area contributed by atoms with Crippen LogP contribution in [-0.4, -0.2) is 48.1 Å². The maximum Gasteiger partial charge on any atom is 0.494 e. The third-order valence-electron chi connectivity index (χ3n) is 5.46. The third-order valence-corrected chi connectivity index (χ3v) is 5.46. The van der Waals surface area contributed by atoms with Crippen LogP contribution in [0.1, 0.15) is 39.7 Å². The number of likely N-dealkylation sites (tertiary alicyclic amines) is 1. The van der Waals surface area contributed by atoms with Crippen molar-refractivity contribution in [2.24, 2.45) is 0 Å². The van der Waals surface area contributed by atoms with E-state index in [2.05, 4.69) is 0 Å². The molecule has 2 saturated heterocycles. The first-order valence-electron chi connectivity index (χ1n) is 8.70. The summed E-state index contributed by atoms with van der Waals surface area (Å²) in [6.45, 7) is 7.03. The van der Waals surface area contributed by atoms with Crippen molar-refractivity contribution in [1.82, 2.24) is 4.90 Å². The maximum atomic E-state index is 14.2. The molecule has 3 rings (SSSR count). The van der Waals surface area contributed by atoms with Gasteiger partial charge < -0.3 is 14.2 Å². The molecule has 1 aromatic carbocycles. The number of nitrogens with zero attached hydrogens (tertiary/aromatic N) is 1. The lowest BCUT2D eigenvalue weighted by Gasteiger charge is -2.32. The first-order valence-corrected chi connectivity index (χ1v) is 8.70. The molecule has 2 aliphatic rings. The number of carbonyl (C=O) groups excluding carboxylic acids is 1. The van der Waals surface area contributed by atoms with Gasteiger partial charge >= 0.3 is 7.12 Å². The molecule has 0 radical (unpaired) electrons. The van der Waals surface area contributed by atoms with E-state index in [-0.39, 0.29) is 24.9 Å². The van der Waals surface area contributed by atoms with Gasteiger partial charge in [-0.3, -0.25) is 4.79 Å². The number of benzene rings is 1. The first-order chi connectivity index (χ1) is 11.9. The van der Waals surface area contributed by atoms with Gasteiger partial charge in [0.05, 0.1) is 24.2 Å². The quantitative estimate of drug-likeness (QED) is 0.769. The summed E-state index contributed by atoms with van der Waals surface area (Å²) >= 11 is 0. The van der Waals surface area contributed by atoms with Crippen LogP contribution in [-0.2, 0) is 20.5 Å². The summed E-state index contributed by atoms with van der Waals surface area (Å²) in [6, 6.07) is 4.32. The van der Waals surface area contributed by atoms with Gasteiger partial charge in [-0.15, -0.1) is 0 Å². The van der Waals surface area contributed by atoms with Crippen LogP contribution in [0.2, 0.25) is 0 Å². The van der Waals surface area contributed by atoms with Crippen LogP contribution in [0, 0.1) is 5.82 Å². The highest BCUT2D eigenvalue weighted by molar-refractivity contribution is 6.62. The van der Waals surface area contributed by atoms with Gasteiger partial charge in [0.2, 0.25) is 5.91 Å². The van der Waals surface area contributed by atoms with Crippen LogP contribution in [0.25, 0.3) is 0 Å². The van der Waals surface area contributed by atoms with E-state index >= 15 is 0 Å². The summed E-state index contributed by atoms with van der Waals surface area (Å²) in [5, 5.41) is 0. The molecule has 2 aliphatic heterocycles. The number of amides is 1. The minimum atomic E-state index is -2.86. The highest BCUT2D eigenvalue weighted by Gasteiger charge is 2.51. The second kappa shape index (κ2) is 6.27. The van der Waals surface area contributed by atoms with E-state index in [1.807, 2.05) is 27.7 Å². The van der Waals surface area contributed by atoms with E-state index in [9.17, 15) is 18.0 Å². The first kappa shape index (κ1) is 19.2. The number of carbonyl (C=O) groups is 1. The zero-order valence-electron chi connectivity index (χ0n) is 15.4. The minimum absolute atomic E-state index is 0.00955. The molecule has 0 atom stereocenters. The minimum Gasteiger partial charge on any atom is -0.399 e. The Labute approximate surface area is 151 Å². The van der Waals surface area contributed by atoms with Crippen molar-refractivity contribution in [3.63, 3.8) is 0 Å². The Kier molecular flexibility index (Phi) is 4.64. The highest BCUT2D eigenvalue weighted by atomic mass is 19.3. The summed E-state index contributed by atoms with van der Waals surface area (Å²) in [6.07, 6.45) is -0.621. The van der Waals surface area contributed by atoms with E-state index in [0.717, 1.165) is 4.90 Å². The van der Waals surface area contributed by atoms with E-state index in [1.54, 1.807) is 6.07 Å². The summed E-state index contributed by atoms with van der Waals surface area (Å²) in [5.74, 6) is -3.92. The summed E-state index contributed by atoms with van der Waals surface area (Å²) in [4.78, 5) is 13.3. The van der Waals surface area contributed by atoms with Gasteiger partial charge in [-0.2, -0.15) is 0 Å². The Bertz CT molecular complexity index is 708. The van der Waals surface area contributed by atoms with Gasteiger partial charge in [0.15, 0.2) is 0 Å². The normalized spacial score (nSPS) is 23.5. The summed E-state index contributed by atoms with van der Waals surface area (Å²) in [5.41, 5.74) is -0.330. The number of hydrogen-bond donors (Lipinski definition) is 0. The molecule has 1 aromatic rings. The van der Waals surface area contributed by atoms with Gasteiger partial charge in [-0.05, 0) is 44.8 Å². The SMILES string of the molecule is CC1(C)OB(c2ccc(F)c(CC(=O)N3CCC(F)(F)C3)c2)OC1(C)C. The van der Waals surface area contributed by atoms with Crippen molar-refractivity contribution >= 4 is 18.5 Å². The fourth-order valence-corrected chi connectivity index (χ4v) is 3.08. The predicted molar refractivity (Wildman–Crippen MR) is 92.0 cm³/mol. The number of hydrogen-bond acceptors (Lipinski definition) is 3. The van der Waals surface area contributed by atoms with Crippen LogP contribution in [0.3, 0.4) is 0 Å². The van der Waals surface area contributed by atoms with Crippen molar-refractivity contribution in [2.45, 2.75) is 57.7 Å². The molecule has 0 spiro atoms. The Morgan fingerprint density at radius 2 is 1.81 bits per heavy atom. The lowest BCUT2D eigenvalue weighted by Crippen LogP contribution is -2.41. The molecule has 1 amide bonds. The van der Waals surface area contributed by atoms with E-state index in [4.69, 9.17) is 9.31 Å². The Hall–Kier alpha value is -1.54. The lowest BCUT2D eigenvalue weighted by molar-refractivity contribution is -0.130. The molecule has 0 aliphatic carbocycles. The van der Waals surface area contributed by atoms with Gasteiger partial charge in [-0.1, -0.05) is 12.1 Å². The Balaban J connectivity index is 1.76. The van der Waals surface area contributed by atoms with Crippen LogP contribution in [0.15, 0.2) is 18.2 Å². The van der Waals surface area contributed by atoms with Crippen molar-refractivity contribution in [2.75, 3.05) is 13.1 Å². The topological polar surface area (TPSA) is 38.8 Å². The molecule has 0 aromatic heterocycles. The van der Waals surface area contributed by atoms with Crippen molar-refractivity contribution in [3.8, 4) is 0 Å². The molecular formula is C18H23BF3NO3. The van der Waals surface area contributed by atoms with Crippen LogP contribution < -0.4 is 5.46 Å². The molecular weight excluding hydrogens is 346 g/mol. The maximum absolute atomic E-state index is 14.2. The molecule has 26 heavy (non-hydrogen) atoms. The van der Waals surface area contributed by atoms with E-state index in [1.165, 1.54) is 12.1 Å². The second-order valence-corrected chi connectivity index (χ2v) is 8.04. The van der Waals surface area contributed by atoms with Gasteiger partial charge in [0.1, 0.15) is 5.82 Å². The zero-order chi connectivity index (χ0) is 19.3. The number of halogens is 3. The smallest absolute Gasteiger partial charge is 0.399 e. The van der Waals surface area contributed by atoms with Gasteiger partial charge in [0.25, 0.3) is 5.92 Å². The molecule has 4 nitrogen and oxygen atoms in total. The van der Waals surface area contributed by atoms with Crippen molar-refractivity contribution in [1.29, 1.82) is 0 Å². The van der Waals surface area contributed by atoms with E-state index in [0.29, 0.717) is 5.46 Å². The third kappa shape index (κ3) is 3.62. The molecule has 0 unspecified atom stereocenters.